The third-order valence-electron chi connectivity index (χ3n) is 3.41. The van der Waals surface area contributed by atoms with Gasteiger partial charge in [0.2, 0.25) is 0 Å². The summed E-state index contributed by atoms with van der Waals surface area (Å²) in [6, 6.07) is 4.45. The van der Waals surface area contributed by atoms with E-state index in [1.807, 2.05) is 0 Å². The zero-order valence-electron chi connectivity index (χ0n) is 11.8. The number of carbonyl (C=O) groups excluding carboxylic acids is 1. The first-order chi connectivity index (χ1) is 10.6. The molecule has 1 aromatic rings. The van der Waals surface area contributed by atoms with Gasteiger partial charge in [-0.15, -0.1) is 0 Å². The molecule has 1 aromatic carbocycles. The number of rotatable bonds is 4. The second kappa shape index (κ2) is 6.76. The molecule has 1 heterocycles. The molecule has 0 aromatic heterocycles. The molecule has 23 heavy (non-hydrogen) atoms. The molecule has 0 saturated heterocycles. The lowest BCUT2D eigenvalue weighted by Gasteiger charge is -2.19. The Labute approximate surface area is 135 Å². The zero-order chi connectivity index (χ0) is 17.3. The van der Waals surface area contributed by atoms with Crippen LogP contribution in [0.25, 0.3) is 0 Å². The molecule has 0 atom stereocenters. The average molecular weight is 372 g/mol. The Hall–Kier alpha value is -1.16. The van der Waals surface area contributed by atoms with Gasteiger partial charge in [0.05, 0.1) is 4.90 Å². The second-order valence-corrected chi connectivity index (χ2v) is 7.56. The summed E-state index contributed by atoms with van der Waals surface area (Å²) < 4.78 is 59.1. The number of alkyl halides is 3. The highest BCUT2D eigenvalue weighted by Crippen LogP contribution is 2.23. The van der Waals surface area contributed by atoms with E-state index in [2.05, 4.69) is 0 Å². The smallest absolute Gasteiger partial charge is 0.291 e. The summed E-state index contributed by atoms with van der Waals surface area (Å²) in [4.78, 5) is 15.7. The fourth-order valence-corrected chi connectivity index (χ4v) is 3.00. The Bertz CT molecular complexity index is 706. The van der Waals surface area contributed by atoms with Crippen molar-refractivity contribution in [3.8, 4) is 0 Å². The van der Waals surface area contributed by atoms with Gasteiger partial charge in [-0.3, -0.25) is 9.63 Å². The molecular formula is C13H13ClF3NO4S. The molecule has 0 amide bonds. The van der Waals surface area contributed by atoms with Gasteiger partial charge in [-0.05, 0) is 36.1 Å². The highest BCUT2D eigenvalue weighted by molar-refractivity contribution is 8.13. The second-order valence-electron chi connectivity index (χ2n) is 4.99. The number of halogens is 4. The number of benzene rings is 1. The number of hydrogen-bond acceptors (Lipinski definition) is 5. The lowest BCUT2D eigenvalue weighted by Crippen LogP contribution is -2.34. The highest BCUT2D eigenvalue weighted by Gasteiger charge is 2.38. The van der Waals surface area contributed by atoms with Gasteiger partial charge in [-0.25, -0.2) is 8.42 Å². The standard InChI is InChI=1S/C13H13ClF3NO4S/c14-23(20,21)11-2-1-9-3-5-18(6-4-10(9)7-11)22-8-12(19)13(15,16)17/h1-2,7H,3-6,8H2. The van der Waals surface area contributed by atoms with Crippen LogP contribution in [0.3, 0.4) is 0 Å². The summed E-state index contributed by atoms with van der Waals surface area (Å²) >= 11 is 0. The minimum absolute atomic E-state index is 0.0282. The van der Waals surface area contributed by atoms with Crippen LogP contribution < -0.4 is 0 Å². The molecule has 128 valence electrons. The summed E-state index contributed by atoms with van der Waals surface area (Å²) in [6.45, 7) is -0.532. The summed E-state index contributed by atoms with van der Waals surface area (Å²) in [5, 5.41) is 1.28. The van der Waals surface area contributed by atoms with Crippen molar-refractivity contribution in [3.05, 3.63) is 29.3 Å². The van der Waals surface area contributed by atoms with E-state index in [0.29, 0.717) is 19.4 Å². The van der Waals surface area contributed by atoms with E-state index in [4.69, 9.17) is 15.5 Å². The lowest BCUT2D eigenvalue weighted by molar-refractivity contribution is -0.199. The van der Waals surface area contributed by atoms with Gasteiger partial charge in [0.1, 0.15) is 6.61 Å². The number of carbonyl (C=O) groups is 1. The molecule has 0 fully saturated rings. The van der Waals surface area contributed by atoms with Crippen LogP contribution >= 0.6 is 10.7 Å². The number of nitrogens with zero attached hydrogens (tertiary/aromatic N) is 1. The molecule has 0 bridgehead atoms. The summed E-state index contributed by atoms with van der Waals surface area (Å²) in [5.74, 6) is -1.95. The maximum absolute atomic E-state index is 12.1. The molecule has 1 aliphatic rings. The lowest BCUT2D eigenvalue weighted by atomic mass is 10.0. The van der Waals surface area contributed by atoms with Crippen LogP contribution in [0.1, 0.15) is 11.1 Å². The van der Waals surface area contributed by atoms with Gasteiger partial charge in [0.15, 0.2) is 0 Å². The molecule has 1 aliphatic heterocycles. The topological polar surface area (TPSA) is 63.7 Å². The molecular weight excluding hydrogens is 359 g/mol. The third kappa shape index (κ3) is 4.90. The van der Waals surface area contributed by atoms with E-state index in [1.54, 1.807) is 6.07 Å². The molecule has 10 heteroatoms. The minimum atomic E-state index is -4.92. The van der Waals surface area contributed by atoms with Crippen molar-refractivity contribution in [2.45, 2.75) is 23.9 Å². The Morgan fingerprint density at radius 2 is 1.83 bits per heavy atom. The van der Waals surface area contributed by atoms with Crippen molar-refractivity contribution >= 4 is 25.5 Å². The van der Waals surface area contributed by atoms with Gasteiger partial charge in [-0.2, -0.15) is 18.2 Å². The van der Waals surface area contributed by atoms with Crippen molar-refractivity contribution in [1.29, 1.82) is 0 Å². The van der Waals surface area contributed by atoms with E-state index in [1.165, 1.54) is 17.2 Å². The van der Waals surface area contributed by atoms with Crippen LogP contribution in [0.5, 0.6) is 0 Å². The monoisotopic (exact) mass is 371 g/mol. The molecule has 2 rings (SSSR count). The molecule has 5 nitrogen and oxygen atoms in total. The maximum Gasteiger partial charge on any atom is 0.452 e. The SMILES string of the molecule is O=C(CON1CCc2ccc(S(=O)(=O)Cl)cc2CC1)C(F)(F)F. The van der Waals surface area contributed by atoms with Crippen molar-refractivity contribution in [2.75, 3.05) is 19.7 Å². The van der Waals surface area contributed by atoms with Gasteiger partial charge >= 0.3 is 6.18 Å². The Kier molecular flexibility index (Phi) is 5.34. The van der Waals surface area contributed by atoms with E-state index >= 15 is 0 Å². The molecule has 0 spiro atoms. The van der Waals surface area contributed by atoms with Crippen molar-refractivity contribution < 1.29 is 31.2 Å². The third-order valence-corrected chi connectivity index (χ3v) is 4.77. The van der Waals surface area contributed by atoms with Crippen LogP contribution in [0.4, 0.5) is 13.2 Å². The van der Waals surface area contributed by atoms with Gasteiger partial charge < -0.3 is 0 Å². The first-order valence-corrected chi connectivity index (χ1v) is 8.92. The Morgan fingerprint density at radius 3 is 2.39 bits per heavy atom. The number of hydrogen-bond donors (Lipinski definition) is 0. The van der Waals surface area contributed by atoms with E-state index in [9.17, 15) is 26.4 Å². The van der Waals surface area contributed by atoms with E-state index in [0.717, 1.165) is 11.1 Å². The summed E-state index contributed by atoms with van der Waals surface area (Å²) in [7, 11) is 1.45. The number of hydroxylamine groups is 2. The Balaban J connectivity index is 2.02. The fourth-order valence-electron chi connectivity index (χ4n) is 2.19. The first kappa shape index (κ1) is 18.2. The van der Waals surface area contributed by atoms with Crippen LogP contribution in [0.15, 0.2) is 23.1 Å². The number of Topliss-reactive ketones (excluding diaryl/α,β-unsaturated/α-hetero) is 1. The van der Waals surface area contributed by atoms with Gasteiger partial charge in [0, 0.05) is 23.8 Å². The fraction of sp³-hybridized carbons (Fsp3) is 0.462. The number of fused-ring (bicyclic) bond motifs is 1. The van der Waals surface area contributed by atoms with Crippen molar-refractivity contribution in [3.63, 3.8) is 0 Å². The van der Waals surface area contributed by atoms with E-state index < -0.39 is 27.6 Å². The van der Waals surface area contributed by atoms with Crippen LogP contribution in [0, 0.1) is 0 Å². The number of ketones is 1. The van der Waals surface area contributed by atoms with Crippen LogP contribution in [-0.4, -0.2) is 45.1 Å². The molecule has 0 unspecified atom stereocenters. The Morgan fingerprint density at radius 1 is 1.22 bits per heavy atom. The summed E-state index contributed by atoms with van der Waals surface area (Å²) in [6.07, 6.45) is -4.09. The largest absolute Gasteiger partial charge is 0.452 e. The highest BCUT2D eigenvalue weighted by atomic mass is 35.7. The average Bonchev–Trinajstić information content (AvgIpc) is 2.64. The minimum Gasteiger partial charge on any atom is -0.291 e. The van der Waals surface area contributed by atoms with E-state index in [-0.39, 0.29) is 11.4 Å². The van der Waals surface area contributed by atoms with Crippen LogP contribution in [-0.2, 0) is 31.5 Å². The van der Waals surface area contributed by atoms with Gasteiger partial charge in [-0.1, -0.05) is 6.07 Å². The molecule has 0 radical (unpaired) electrons. The zero-order valence-corrected chi connectivity index (χ0v) is 13.3. The first-order valence-electron chi connectivity index (χ1n) is 6.62. The quantitative estimate of drug-likeness (QED) is 0.758. The predicted molar refractivity (Wildman–Crippen MR) is 75.5 cm³/mol. The van der Waals surface area contributed by atoms with Crippen molar-refractivity contribution in [1.82, 2.24) is 5.06 Å². The molecule has 0 saturated carbocycles. The van der Waals surface area contributed by atoms with Gasteiger partial charge in [0.25, 0.3) is 14.8 Å². The molecule has 0 aliphatic carbocycles. The summed E-state index contributed by atoms with van der Waals surface area (Å²) in [5.41, 5.74) is 1.60. The maximum atomic E-state index is 12.1. The normalized spacial score (nSPS) is 16.7. The van der Waals surface area contributed by atoms with Crippen molar-refractivity contribution in [2.24, 2.45) is 0 Å². The predicted octanol–water partition coefficient (Wildman–Crippen LogP) is 2.08. The molecule has 0 N–H and O–H groups in total. The van der Waals surface area contributed by atoms with Crippen LogP contribution in [0.2, 0.25) is 0 Å².